The molecule has 3 rings (SSSR count). The van der Waals surface area contributed by atoms with Crippen LogP contribution in [-0.2, 0) is 9.53 Å². The molecule has 3 heteroatoms. The molecule has 3 heterocycles. The minimum atomic E-state index is -0.344. The first-order valence-corrected chi connectivity index (χ1v) is 4.45. The van der Waals surface area contributed by atoms with Crippen LogP contribution in [0.5, 0.6) is 0 Å². The van der Waals surface area contributed by atoms with E-state index in [0.717, 1.165) is 25.4 Å². The van der Waals surface area contributed by atoms with Gasteiger partial charge in [0, 0.05) is 6.54 Å². The molecular weight excluding hydrogens is 154 g/mol. The Labute approximate surface area is 71.0 Å². The topological polar surface area (TPSA) is 29.5 Å². The van der Waals surface area contributed by atoms with Gasteiger partial charge in [0.1, 0.15) is 5.54 Å². The van der Waals surface area contributed by atoms with Crippen molar-refractivity contribution < 1.29 is 9.53 Å². The molecule has 0 aliphatic carbocycles. The van der Waals surface area contributed by atoms with Crippen molar-refractivity contribution in [3.63, 3.8) is 0 Å². The Morgan fingerprint density at radius 1 is 1.67 bits per heavy atom. The average Bonchev–Trinajstić information content (AvgIpc) is 2.69. The Morgan fingerprint density at radius 2 is 2.58 bits per heavy atom. The van der Waals surface area contributed by atoms with E-state index < -0.39 is 0 Å². The van der Waals surface area contributed by atoms with Gasteiger partial charge in [-0.25, -0.2) is 4.79 Å². The van der Waals surface area contributed by atoms with Gasteiger partial charge in [-0.05, 0) is 31.4 Å². The maximum absolute atomic E-state index is 11.5. The molecule has 3 unspecified atom stereocenters. The summed E-state index contributed by atoms with van der Waals surface area (Å²) in [6, 6.07) is 0. The third-order valence-corrected chi connectivity index (χ3v) is 3.32. The van der Waals surface area contributed by atoms with Crippen molar-refractivity contribution >= 4 is 5.97 Å². The number of esters is 1. The number of piperidine rings is 1. The van der Waals surface area contributed by atoms with E-state index in [-0.39, 0.29) is 11.5 Å². The molecule has 0 aromatic heterocycles. The summed E-state index contributed by atoms with van der Waals surface area (Å²) in [4.78, 5) is 13.7. The average molecular weight is 165 g/mol. The number of fused-ring (bicyclic) bond motifs is 3. The number of rotatable bonds is 0. The standard InChI is InChI=1S/C9H11NO2/c11-8-9(2-4-12-8)5-7-1-3-10(9)6-7/h2,4,7H,1,3,5-6H2. The Morgan fingerprint density at radius 3 is 3.08 bits per heavy atom. The van der Waals surface area contributed by atoms with E-state index in [0.29, 0.717) is 0 Å². The summed E-state index contributed by atoms with van der Waals surface area (Å²) >= 11 is 0. The summed E-state index contributed by atoms with van der Waals surface area (Å²) in [6.07, 6.45) is 5.70. The minimum Gasteiger partial charge on any atom is -0.433 e. The van der Waals surface area contributed by atoms with Crippen LogP contribution in [0.3, 0.4) is 0 Å². The van der Waals surface area contributed by atoms with Gasteiger partial charge in [-0.3, -0.25) is 4.90 Å². The zero-order valence-electron chi connectivity index (χ0n) is 6.82. The fourth-order valence-corrected chi connectivity index (χ4v) is 2.70. The van der Waals surface area contributed by atoms with Gasteiger partial charge < -0.3 is 4.74 Å². The largest absolute Gasteiger partial charge is 0.433 e. The molecule has 0 saturated carbocycles. The molecule has 2 saturated heterocycles. The van der Waals surface area contributed by atoms with E-state index in [2.05, 4.69) is 4.90 Å². The molecule has 0 aromatic rings. The molecule has 0 amide bonds. The maximum atomic E-state index is 11.5. The third-order valence-electron chi connectivity index (χ3n) is 3.32. The summed E-state index contributed by atoms with van der Waals surface area (Å²) in [6.45, 7) is 2.14. The first kappa shape index (κ1) is 6.66. The van der Waals surface area contributed by atoms with Crippen LogP contribution in [0.2, 0.25) is 0 Å². The lowest BCUT2D eigenvalue weighted by Crippen LogP contribution is -2.47. The van der Waals surface area contributed by atoms with Gasteiger partial charge in [-0.1, -0.05) is 0 Å². The molecule has 1 spiro atoms. The molecule has 3 aliphatic rings. The predicted molar refractivity (Wildman–Crippen MR) is 42.3 cm³/mol. The van der Waals surface area contributed by atoms with E-state index in [4.69, 9.17) is 4.74 Å². The summed E-state index contributed by atoms with van der Waals surface area (Å²) < 4.78 is 4.88. The van der Waals surface area contributed by atoms with E-state index in [1.165, 1.54) is 6.42 Å². The maximum Gasteiger partial charge on any atom is 0.335 e. The van der Waals surface area contributed by atoms with Gasteiger partial charge in [0.25, 0.3) is 0 Å². The highest BCUT2D eigenvalue weighted by Gasteiger charge is 2.55. The first-order valence-electron chi connectivity index (χ1n) is 4.45. The Balaban J connectivity index is 2.01. The summed E-state index contributed by atoms with van der Waals surface area (Å²) in [5.74, 6) is 0.657. The summed E-state index contributed by atoms with van der Waals surface area (Å²) in [5, 5.41) is 0. The van der Waals surface area contributed by atoms with Crippen molar-refractivity contribution in [3.05, 3.63) is 12.3 Å². The van der Waals surface area contributed by atoms with Crippen molar-refractivity contribution in [1.82, 2.24) is 4.90 Å². The molecule has 0 N–H and O–H groups in total. The highest BCUT2D eigenvalue weighted by atomic mass is 16.5. The number of carbonyl (C=O) groups excluding carboxylic acids is 1. The van der Waals surface area contributed by atoms with Crippen LogP contribution in [0, 0.1) is 5.92 Å². The lowest BCUT2D eigenvalue weighted by atomic mass is 9.89. The fraction of sp³-hybridized carbons (Fsp3) is 0.667. The van der Waals surface area contributed by atoms with Crippen LogP contribution in [0.4, 0.5) is 0 Å². The smallest absolute Gasteiger partial charge is 0.335 e. The third kappa shape index (κ3) is 0.591. The van der Waals surface area contributed by atoms with Gasteiger partial charge in [0.05, 0.1) is 6.26 Å². The van der Waals surface area contributed by atoms with E-state index in [1.54, 1.807) is 6.26 Å². The molecule has 3 atom stereocenters. The quantitative estimate of drug-likeness (QED) is 0.490. The second-order valence-electron chi connectivity index (χ2n) is 3.94. The first-order chi connectivity index (χ1) is 5.81. The van der Waals surface area contributed by atoms with E-state index in [9.17, 15) is 4.79 Å². The zero-order valence-corrected chi connectivity index (χ0v) is 6.82. The second kappa shape index (κ2) is 1.91. The van der Waals surface area contributed by atoms with Crippen LogP contribution < -0.4 is 0 Å². The minimum absolute atomic E-state index is 0.0651. The Kier molecular flexibility index (Phi) is 1.06. The van der Waals surface area contributed by atoms with Crippen LogP contribution in [0.1, 0.15) is 12.8 Å². The van der Waals surface area contributed by atoms with Gasteiger partial charge in [-0.15, -0.1) is 0 Å². The van der Waals surface area contributed by atoms with Crippen molar-refractivity contribution in [2.24, 2.45) is 5.92 Å². The second-order valence-corrected chi connectivity index (χ2v) is 3.94. The summed E-state index contributed by atoms with van der Waals surface area (Å²) in [5.41, 5.74) is -0.344. The van der Waals surface area contributed by atoms with E-state index >= 15 is 0 Å². The highest BCUT2D eigenvalue weighted by molar-refractivity contribution is 5.86. The fourth-order valence-electron chi connectivity index (χ4n) is 2.70. The van der Waals surface area contributed by atoms with Gasteiger partial charge >= 0.3 is 5.97 Å². The Bertz CT molecular complexity index is 274. The van der Waals surface area contributed by atoms with Crippen LogP contribution >= 0.6 is 0 Å². The monoisotopic (exact) mass is 165 g/mol. The predicted octanol–water partition coefficient (Wildman–Crippen LogP) is 0.521. The van der Waals surface area contributed by atoms with Gasteiger partial charge in [0.2, 0.25) is 0 Å². The molecule has 2 fully saturated rings. The number of carbonyl (C=O) groups is 1. The lowest BCUT2D eigenvalue weighted by Gasteiger charge is -2.30. The molecular formula is C9H11NO2. The van der Waals surface area contributed by atoms with E-state index in [1.807, 2.05) is 6.08 Å². The van der Waals surface area contributed by atoms with Crippen molar-refractivity contribution in [2.75, 3.05) is 13.1 Å². The van der Waals surface area contributed by atoms with Crippen LogP contribution in [0.15, 0.2) is 12.3 Å². The molecule has 3 aliphatic heterocycles. The Hall–Kier alpha value is -0.830. The molecule has 2 bridgehead atoms. The van der Waals surface area contributed by atoms with Gasteiger partial charge in [-0.2, -0.15) is 0 Å². The molecule has 3 nitrogen and oxygen atoms in total. The van der Waals surface area contributed by atoms with Gasteiger partial charge in [0.15, 0.2) is 0 Å². The van der Waals surface area contributed by atoms with Crippen molar-refractivity contribution in [3.8, 4) is 0 Å². The number of nitrogens with zero attached hydrogens (tertiary/aromatic N) is 1. The lowest BCUT2D eigenvalue weighted by molar-refractivity contribution is -0.145. The molecule has 0 radical (unpaired) electrons. The van der Waals surface area contributed by atoms with Crippen molar-refractivity contribution in [1.29, 1.82) is 0 Å². The van der Waals surface area contributed by atoms with Crippen LogP contribution in [0.25, 0.3) is 0 Å². The number of ether oxygens (including phenoxy) is 1. The summed E-state index contributed by atoms with van der Waals surface area (Å²) in [7, 11) is 0. The number of hydrogen-bond acceptors (Lipinski definition) is 3. The molecule has 0 aromatic carbocycles. The number of hydrogen-bond donors (Lipinski definition) is 0. The zero-order chi connectivity index (χ0) is 8.18. The number of cyclic esters (lactones) is 1. The molecule has 12 heavy (non-hydrogen) atoms. The van der Waals surface area contributed by atoms with Crippen molar-refractivity contribution in [2.45, 2.75) is 18.4 Å². The SMILES string of the molecule is O=C1OC=CC12CC1CCN2C1. The molecule has 64 valence electrons. The highest BCUT2D eigenvalue weighted by Crippen LogP contribution is 2.44. The van der Waals surface area contributed by atoms with Crippen LogP contribution in [-0.4, -0.2) is 29.5 Å². The normalized spacial score (nSPS) is 49.2.